The molecule has 0 unspecified atom stereocenters. The van der Waals surface area contributed by atoms with Crippen LogP contribution in [0, 0.1) is 0 Å². The Morgan fingerprint density at radius 1 is 1.17 bits per heavy atom. The van der Waals surface area contributed by atoms with Crippen molar-refractivity contribution < 1.29 is 9.59 Å². The number of aryl methyl sites for hydroxylation is 2. The van der Waals surface area contributed by atoms with E-state index in [2.05, 4.69) is 35.1 Å². The number of halogens is 1. The lowest BCUT2D eigenvalue weighted by atomic mass is 10.0. The van der Waals surface area contributed by atoms with E-state index in [0.717, 1.165) is 18.5 Å². The van der Waals surface area contributed by atoms with E-state index in [0.29, 0.717) is 0 Å². The first kappa shape index (κ1) is 14.9. The van der Waals surface area contributed by atoms with Gasteiger partial charge in [0.2, 0.25) is 5.91 Å². The van der Waals surface area contributed by atoms with Crippen LogP contribution < -0.4 is 5.32 Å². The van der Waals surface area contributed by atoms with Crippen molar-refractivity contribution in [3.8, 4) is 0 Å². The molecule has 0 fully saturated rings. The molecule has 0 aromatic heterocycles. The summed E-state index contributed by atoms with van der Waals surface area (Å²) in [6.45, 7) is 4.20. The molecule has 0 saturated carbocycles. The van der Waals surface area contributed by atoms with E-state index in [1.807, 2.05) is 18.2 Å². The summed E-state index contributed by atoms with van der Waals surface area (Å²) in [5, 5.41) is 2.97. The molecule has 1 N–H and O–H groups in total. The fourth-order valence-electron chi connectivity index (χ4n) is 1.81. The number of rotatable bonds is 6. The van der Waals surface area contributed by atoms with E-state index in [1.165, 1.54) is 11.1 Å². The van der Waals surface area contributed by atoms with Crippen LogP contribution in [0.5, 0.6) is 0 Å². The number of Topliss-reactive ketones (excluding diaryl/α,β-unsaturated/α-hetero) is 1. The van der Waals surface area contributed by atoms with E-state index < -0.39 is 0 Å². The summed E-state index contributed by atoms with van der Waals surface area (Å²) < 4.78 is 0. The molecule has 4 heteroatoms. The number of hydrogen-bond acceptors (Lipinski definition) is 2. The van der Waals surface area contributed by atoms with Crippen molar-refractivity contribution in [3.05, 3.63) is 29.3 Å². The van der Waals surface area contributed by atoms with Gasteiger partial charge in [-0.25, -0.2) is 0 Å². The highest BCUT2D eigenvalue weighted by Crippen LogP contribution is 2.17. The average molecular weight is 312 g/mol. The van der Waals surface area contributed by atoms with Gasteiger partial charge in [-0.15, -0.1) is 0 Å². The molecule has 1 aromatic carbocycles. The second-order valence-electron chi connectivity index (χ2n) is 4.09. The summed E-state index contributed by atoms with van der Waals surface area (Å²) in [6, 6.07) is 5.89. The number of nitrogens with one attached hydrogen (secondary N) is 1. The Hall–Kier alpha value is -1.16. The fraction of sp³-hybridized carbons (Fsp3) is 0.429. The van der Waals surface area contributed by atoms with Gasteiger partial charge in [0.1, 0.15) is 0 Å². The van der Waals surface area contributed by atoms with Gasteiger partial charge in [0, 0.05) is 5.69 Å². The van der Waals surface area contributed by atoms with Crippen molar-refractivity contribution in [1.82, 2.24) is 0 Å². The summed E-state index contributed by atoms with van der Waals surface area (Å²) in [6.07, 6.45) is 1.84. The Morgan fingerprint density at radius 3 is 2.39 bits per heavy atom. The molecular formula is C14H18BrNO2. The second kappa shape index (κ2) is 7.31. The van der Waals surface area contributed by atoms with Crippen LogP contribution in [0.1, 0.15) is 31.4 Å². The van der Waals surface area contributed by atoms with Crippen LogP contribution in [0.15, 0.2) is 18.2 Å². The van der Waals surface area contributed by atoms with Crippen molar-refractivity contribution in [1.29, 1.82) is 0 Å². The zero-order valence-electron chi connectivity index (χ0n) is 10.8. The Balaban J connectivity index is 2.73. The van der Waals surface area contributed by atoms with Crippen LogP contribution in [0.4, 0.5) is 5.69 Å². The Bertz CT molecular complexity index is 443. The maximum Gasteiger partial charge on any atom is 0.231 e. The van der Waals surface area contributed by atoms with Crippen molar-refractivity contribution >= 4 is 33.3 Å². The molecule has 0 aliphatic carbocycles. The maximum atomic E-state index is 11.6. The van der Waals surface area contributed by atoms with E-state index >= 15 is 0 Å². The number of carbonyl (C=O) groups is 2. The van der Waals surface area contributed by atoms with Crippen LogP contribution in [0.3, 0.4) is 0 Å². The molecule has 0 atom stereocenters. The normalized spacial score (nSPS) is 10.2. The Labute approximate surface area is 116 Å². The van der Waals surface area contributed by atoms with Gasteiger partial charge in [0.15, 0.2) is 5.78 Å². The number of amides is 1. The highest BCUT2D eigenvalue weighted by Gasteiger charge is 2.09. The van der Waals surface area contributed by atoms with Crippen molar-refractivity contribution in [3.63, 3.8) is 0 Å². The minimum absolute atomic E-state index is 0.0811. The molecule has 3 nitrogen and oxygen atoms in total. The average Bonchev–Trinajstić information content (AvgIpc) is 2.38. The van der Waals surface area contributed by atoms with E-state index in [1.54, 1.807) is 0 Å². The first-order valence-corrected chi connectivity index (χ1v) is 7.22. The van der Waals surface area contributed by atoms with Crippen LogP contribution >= 0.6 is 15.9 Å². The molecule has 0 aliphatic heterocycles. The molecule has 18 heavy (non-hydrogen) atoms. The molecule has 0 radical (unpaired) electrons. The fourth-order valence-corrected chi connectivity index (χ4v) is 2.01. The number of anilines is 1. The van der Waals surface area contributed by atoms with Gasteiger partial charge in [-0.05, 0) is 36.1 Å². The molecule has 1 rings (SSSR count). The third kappa shape index (κ3) is 4.26. The molecular weight excluding hydrogens is 294 g/mol. The third-order valence-corrected chi connectivity index (χ3v) is 3.38. The maximum absolute atomic E-state index is 11.6. The van der Waals surface area contributed by atoms with Gasteiger partial charge < -0.3 is 5.32 Å². The molecule has 1 amide bonds. The minimum Gasteiger partial charge on any atom is -0.326 e. The van der Waals surface area contributed by atoms with E-state index in [-0.39, 0.29) is 23.4 Å². The Morgan fingerprint density at radius 2 is 1.83 bits per heavy atom. The molecule has 0 aliphatic rings. The number of carbonyl (C=O) groups excluding carboxylic acids is 2. The van der Waals surface area contributed by atoms with Gasteiger partial charge >= 0.3 is 0 Å². The SMILES string of the molecule is CCc1ccc(NC(=O)CC(=O)CBr)cc1CC. The van der Waals surface area contributed by atoms with Gasteiger partial charge in [0.25, 0.3) is 0 Å². The van der Waals surface area contributed by atoms with Crippen molar-refractivity contribution in [2.24, 2.45) is 0 Å². The van der Waals surface area contributed by atoms with Crippen LogP contribution in [0.2, 0.25) is 0 Å². The molecule has 0 bridgehead atoms. The predicted molar refractivity (Wildman–Crippen MR) is 77.2 cm³/mol. The molecule has 98 valence electrons. The molecule has 0 spiro atoms. The summed E-state index contributed by atoms with van der Waals surface area (Å²) in [5.41, 5.74) is 3.30. The van der Waals surface area contributed by atoms with Crippen molar-refractivity contribution in [2.45, 2.75) is 33.1 Å². The first-order valence-electron chi connectivity index (χ1n) is 6.10. The molecule has 0 heterocycles. The van der Waals surface area contributed by atoms with Crippen LogP contribution in [-0.2, 0) is 22.4 Å². The number of hydrogen-bond donors (Lipinski definition) is 1. The van der Waals surface area contributed by atoms with Crippen molar-refractivity contribution in [2.75, 3.05) is 10.6 Å². The minimum atomic E-state index is -0.259. The van der Waals surface area contributed by atoms with Crippen LogP contribution in [0.25, 0.3) is 0 Å². The first-order chi connectivity index (χ1) is 8.60. The highest BCUT2D eigenvalue weighted by atomic mass is 79.9. The highest BCUT2D eigenvalue weighted by molar-refractivity contribution is 9.09. The molecule has 1 aromatic rings. The smallest absolute Gasteiger partial charge is 0.231 e. The lowest BCUT2D eigenvalue weighted by Crippen LogP contribution is -2.17. The van der Waals surface area contributed by atoms with E-state index in [4.69, 9.17) is 0 Å². The molecule has 0 saturated heterocycles. The summed E-state index contributed by atoms with van der Waals surface area (Å²) >= 11 is 3.04. The summed E-state index contributed by atoms with van der Waals surface area (Å²) in [5.74, 6) is -0.376. The standard InChI is InChI=1S/C14H18BrNO2/c1-3-10-5-6-12(7-11(10)4-2)16-14(18)8-13(17)9-15/h5-7H,3-4,8-9H2,1-2H3,(H,16,18). The quantitative estimate of drug-likeness (QED) is 0.648. The summed E-state index contributed by atoms with van der Waals surface area (Å²) in [4.78, 5) is 22.7. The predicted octanol–water partition coefficient (Wildman–Crippen LogP) is 3.10. The van der Waals surface area contributed by atoms with Crippen LogP contribution in [-0.4, -0.2) is 17.0 Å². The number of ketones is 1. The summed E-state index contributed by atoms with van der Waals surface area (Å²) in [7, 11) is 0. The largest absolute Gasteiger partial charge is 0.326 e. The van der Waals surface area contributed by atoms with Gasteiger partial charge in [-0.1, -0.05) is 35.8 Å². The zero-order chi connectivity index (χ0) is 13.5. The van der Waals surface area contributed by atoms with Gasteiger partial charge in [-0.3, -0.25) is 9.59 Å². The topological polar surface area (TPSA) is 46.2 Å². The number of alkyl halides is 1. The van der Waals surface area contributed by atoms with E-state index in [9.17, 15) is 9.59 Å². The van der Waals surface area contributed by atoms with Gasteiger partial charge in [0.05, 0.1) is 11.8 Å². The lowest BCUT2D eigenvalue weighted by Gasteiger charge is -2.10. The Kier molecular flexibility index (Phi) is 6.05. The lowest BCUT2D eigenvalue weighted by molar-refractivity contribution is -0.123. The zero-order valence-corrected chi connectivity index (χ0v) is 12.3. The number of benzene rings is 1. The monoisotopic (exact) mass is 311 g/mol. The third-order valence-electron chi connectivity index (χ3n) is 2.76. The second-order valence-corrected chi connectivity index (χ2v) is 4.65. The van der Waals surface area contributed by atoms with Gasteiger partial charge in [-0.2, -0.15) is 0 Å².